The van der Waals surface area contributed by atoms with Crippen molar-refractivity contribution in [1.82, 2.24) is 19.5 Å². The molecule has 3 aromatic heterocycles. The molecule has 5 nitrogen and oxygen atoms in total. The first-order valence-electron chi connectivity index (χ1n) is 10.9. The van der Waals surface area contributed by atoms with E-state index in [0.717, 1.165) is 65.2 Å². The van der Waals surface area contributed by atoms with E-state index in [0.29, 0.717) is 11.8 Å². The first kappa shape index (κ1) is 21.4. The molecule has 0 unspecified atom stereocenters. The van der Waals surface area contributed by atoms with E-state index in [1.54, 1.807) is 0 Å². The van der Waals surface area contributed by atoms with Crippen LogP contribution in [0.2, 0.25) is 0 Å². The Labute approximate surface area is 174 Å². The summed E-state index contributed by atoms with van der Waals surface area (Å²) in [5, 5.41) is 9.47. The molecule has 0 radical (unpaired) electrons. The van der Waals surface area contributed by atoms with Gasteiger partial charge in [0.05, 0.1) is 11.4 Å². The van der Waals surface area contributed by atoms with Crippen LogP contribution in [0.15, 0.2) is 18.3 Å². The molecule has 0 bridgehead atoms. The molecule has 3 aromatic rings. The Bertz CT molecular complexity index is 990. The highest BCUT2D eigenvalue weighted by Gasteiger charge is 2.21. The lowest BCUT2D eigenvalue weighted by atomic mass is 9.95. The molecule has 1 N–H and O–H groups in total. The minimum atomic E-state index is 0.189. The average molecular weight is 395 g/mol. The molecular formula is C24H34N4O. The van der Waals surface area contributed by atoms with E-state index in [9.17, 15) is 5.11 Å². The van der Waals surface area contributed by atoms with Crippen LogP contribution in [0.1, 0.15) is 81.9 Å². The Balaban J connectivity index is 2.21. The second kappa shape index (κ2) is 9.04. The van der Waals surface area contributed by atoms with Gasteiger partial charge < -0.3 is 9.67 Å². The number of fused-ring (bicyclic) bond motifs is 1. The zero-order chi connectivity index (χ0) is 21.1. The fourth-order valence-electron chi connectivity index (χ4n) is 4.05. The van der Waals surface area contributed by atoms with Crippen molar-refractivity contribution >= 4 is 11.2 Å². The van der Waals surface area contributed by atoms with E-state index in [1.807, 2.05) is 7.05 Å². The summed E-state index contributed by atoms with van der Waals surface area (Å²) in [5.74, 6) is 0.702. The third kappa shape index (κ3) is 4.06. The first-order valence-corrected chi connectivity index (χ1v) is 10.9. The molecule has 0 aliphatic rings. The highest BCUT2D eigenvalue weighted by atomic mass is 16.3. The van der Waals surface area contributed by atoms with Gasteiger partial charge in [-0.05, 0) is 49.7 Å². The summed E-state index contributed by atoms with van der Waals surface area (Å²) in [4.78, 5) is 15.1. The van der Waals surface area contributed by atoms with Crippen molar-refractivity contribution in [3.05, 3.63) is 41.0 Å². The molecular weight excluding hydrogens is 360 g/mol. The summed E-state index contributed by atoms with van der Waals surface area (Å²) in [7, 11) is 2.03. The Morgan fingerprint density at radius 1 is 1.00 bits per heavy atom. The third-order valence-corrected chi connectivity index (χ3v) is 5.81. The predicted molar refractivity (Wildman–Crippen MR) is 119 cm³/mol. The van der Waals surface area contributed by atoms with Gasteiger partial charge in [0.25, 0.3) is 0 Å². The SMILES string of the molecule is CCc1nc(C(C)C)ccc1-c1nc2c(nc1CC)c([C@H](CC)CCO)cn2C. The maximum atomic E-state index is 9.47. The van der Waals surface area contributed by atoms with Crippen LogP contribution in [0.5, 0.6) is 0 Å². The summed E-state index contributed by atoms with van der Waals surface area (Å²) < 4.78 is 2.07. The maximum Gasteiger partial charge on any atom is 0.159 e. The minimum absolute atomic E-state index is 0.189. The summed E-state index contributed by atoms with van der Waals surface area (Å²) in [6.45, 7) is 11.0. The largest absolute Gasteiger partial charge is 0.396 e. The molecule has 0 saturated heterocycles. The van der Waals surface area contributed by atoms with Gasteiger partial charge in [-0.2, -0.15) is 0 Å². The second-order valence-electron chi connectivity index (χ2n) is 8.10. The first-order chi connectivity index (χ1) is 13.9. The van der Waals surface area contributed by atoms with Crippen LogP contribution in [-0.4, -0.2) is 31.2 Å². The number of aromatic nitrogens is 4. The van der Waals surface area contributed by atoms with Gasteiger partial charge in [-0.25, -0.2) is 9.97 Å². The maximum absolute atomic E-state index is 9.47. The number of aliphatic hydroxyl groups is 1. The number of aryl methyl sites for hydroxylation is 3. The summed E-state index contributed by atoms with van der Waals surface area (Å²) >= 11 is 0. The predicted octanol–water partition coefficient (Wildman–Crippen LogP) is 5.15. The van der Waals surface area contributed by atoms with Crippen LogP contribution < -0.4 is 0 Å². The topological polar surface area (TPSA) is 63.8 Å². The standard InChI is InChI=1S/C24H34N4O/c1-7-16(12-13-29)18-14-28(6)24-23(18)26-20(9-3)22(27-24)17-10-11-21(15(4)5)25-19(17)8-2/h10-11,14-16,29H,7-9,12-13H2,1-6H3/t16-/m1/s1. The molecule has 0 aliphatic heterocycles. The molecule has 3 heterocycles. The quantitative estimate of drug-likeness (QED) is 0.573. The molecule has 0 amide bonds. The van der Waals surface area contributed by atoms with E-state index < -0.39 is 0 Å². The van der Waals surface area contributed by atoms with Crippen molar-refractivity contribution in [3.63, 3.8) is 0 Å². The number of nitrogens with zero attached hydrogens (tertiary/aromatic N) is 4. The van der Waals surface area contributed by atoms with E-state index in [2.05, 4.69) is 57.5 Å². The summed E-state index contributed by atoms with van der Waals surface area (Å²) in [6, 6.07) is 4.29. The van der Waals surface area contributed by atoms with Crippen molar-refractivity contribution < 1.29 is 5.11 Å². The molecule has 0 saturated carbocycles. The highest BCUT2D eigenvalue weighted by molar-refractivity contribution is 5.81. The fraction of sp³-hybridized carbons (Fsp3) is 0.542. The number of rotatable bonds is 8. The molecule has 5 heteroatoms. The van der Waals surface area contributed by atoms with E-state index in [1.165, 1.54) is 5.56 Å². The molecule has 0 fully saturated rings. The number of aliphatic hydroxyl groups excluding tert-OH is 1. The Morgan fingerprint density at radius 2 is 1.72 bits per heavy atom. The Kier molecular flexibility index (Phi) is 6.68. The van der Waals surface area contributed by atoms with Crippen molar-refractivity contribution in [2.24, 2.45) is 7.05 Å². The van der Waals surface area contributed by atoms with Crippen LogP contribution >= 0.6 is 0 Å². The van der Waals surface area contributed by atoms with Gasteiger partial charge in [-0.3, -0.25) is 4.98 Å². The van der Waals surface area contributed by atoms with Crippen LogP contribution in [0.3, 0.4) is 0 Å². The second-order valence-corrected chi connectivity index (χ2v) is 8.10. The highest BCUT2D eigenvalue weighted by Crippen LogP contribution is 2.33. The molecule has 0 spiro atoms. The van der Waals surface area contributed by atoms with Gasteiger partial charge in [0.1, 0.15) is 5.52 Å². The summed E-state index contributed by atoms with van der Waals surface area (Å²) in [6.07, 6.45) is 5.55. The van der Waals surface area contributed by atoms with Crippen LogP contribution in [0.25, 0.3) is 22.4 Å². The van der Waals surface area contributed by atoms with Gasteiger partial charge in [0.2, 0.25) is 0 Å². The molecule has 0 aliphatic carbocycles. The average Bonchev–Trinajstić information content (AvgIpc) is 3.05. The van der Waals surface area contributed by atoms with Gasteiger partial charge >= 0.3 is 0 Å². The van der Waals surface area contributed by atoms with Crippen molar-refractivity contribution in [2.75, 3.05) is 6.61 Å². The smallest absolute Gasteiger partial charge is 0.159 e. The summed E-state index contributed by atoms with van der Waals surface area (Å²) in [5.41, 5.74) is 8.32. The minimum Gasteiger partial charge on any atom is -0.396 e. The lowest BCUT2D eigenvalue weighted by Crippen LogP contribution is -2.05. The van der Waals surface area contributed by atoms with E-state index in [-0.39, 0.29) is 6.61 Å². The third-order valence-electron chi connectivity index (χ3n) is 5.81. The van der Waals surface area contributed by atoms with Crippen LogP contribution in [0, 0.1) is 0 Å². The molecule has 0 aromatic carbocycles. The lowest BCUT2D eigenvalue weighted by Gasteiger charge is -2.15. The molecule has 29 heavy (non-hydrogen) atoms. The zero-order valence-corrected chi connectivity index (χ0v) is 18.7. The van der Waals surface area contributed by atoms with E-state index >= 15 is 0 Å². The van der Waals surface area contributed by atoms with Crippen molar-refractivity contribution in [2.45, 2.75) is 72.1 Å². The molecule has 3 rings (SSSR count). The van der Waals surface area contributed by atoms with Gasteiger partial charge in [0.15, 0.2) is 5.65 Å². The Morgan fingerprint density at radius 3 is 2.31 bits per heavy atom. The Hall–Kier alpha value is -2.27. The molecule has 156 valence electrons. The van der Waals surface area contributed by atoms with Crippen molar-refractivity contribution in [1.29, 1.82) is 0 Å². The van der Waals surface area contributed by atoms with Crippen LogP contribution in [0.4, 0.5) is 0 Å². The number of hydrogen-bond donors (Lipinski definition) is 1. The monoisotopic (exact) mass is 394 g/mol. The lowest BCUT2D eigenvalue weighted by molar-refractivity contribution is 0.274. The zero-order valence-electron chi connectivity index (χ0n) is 18.7. The van der Waals surface area contributed by atoms with E-state index in [4.69, 9.17) is 15.0 Å². The fourth-order valence-corrected chi connectivity index (χ4v) is 4.05. The van der Waals surface area contributed by atoms with Gasteiger partial charge in [0, 0.05) is 42.4 Å². The molecule has 1 atom stereocenters. The van der Waals surface area contributed by atoms with Gasteiger partial charge in [-0.1, -0.05) is 34.6 Å². The van der Waals surface area contributed by atoms with Crippen LogP contribution in [-0.2, 0) is 19.9 Å². The normalized spacial score (nSPS) is 12.8. The van der Waals surface area contributed by atoms with Gasteiger partial charge in [-0.15, -0.1) is 0 Å². The van der Waals surface area contributed by atoms with Crippen molar-refractivity contribution in [3.8, 4) is 11.3 Å². The number of hydrogen-bond acceptors (Lipinski definition) is 4. The number of pyridine rings is 1.